The normalized spacial score (nSPS) is 11.1. The molecule has 6 heteroatoms. The van der Waals surface area contributed by atoms with Crippen LogP contribution in [-0.2, 0) is 5.88 Å². The average Bonchev–Trinajstić information content (AvgIpc) is 2.58. The van der Waals surface area contributed by atoms with Crippen molar-refractivity contribution in [2.45, 2.75) is 5.88 Å². The Morgan fingerprint density at radius 3 is 2.79 bits per heavy atom. The van der Waals surface area contributed by atoms with Crippen LogP contribution in [0.1, 0.15) is 5.89 Å². The van der Waals surface area contributed by atoms with E-state index < -0.39 is 0 Å². The molecule has 0 aliphatic carbocycles. The molecule has 0 spiro atoms. The minimum atomic E-state index is 0.193. The van der Waals surface area contributed by atoms with Crippen LogP contribution in [0.3, 0.4) is 0 Å². The third-order valence-corrected chi connectivity index (χ3v) is 3.42. The number of hydrogen-bond donors (Lipinski definition) is 0. The van der Waals surface area contributed by atoms with Gasteiger partial charge in [-0.2, -0.15) is 0 Å². The molecule has 0 saturated heterocycles. The Morgan fingerprint density at radius 1 is 1.43 bits per heavy atom. The molecule has 0 saturated carbocycles. The molecule has 0 aliphatic rings. The molecule has 2 aromatic rings. The number of aromatic nitrogens is 1. The Labute approximate surface area is 103 Å². The highest BCUT2D eigenvalue weighted by atomic mass is 79.9. The van der Waals surface area contributed by atoms with Crippen LogP contribution in [0.4, 0.5) is 0 Å². The van der Waals surface area contributed by atoms with Gasteiger partial charge in [0, 0.05) is 4.47 Å². The van der Waals surface area contributed by atoms with Crippen LogP contribution in [0.25, 0.3) is 11.1 Å². The fourth-order valence-corrected chi connectivity index (χ4v) is 2.17. The average molecular weight is 315 g/mol. The molecular formula is C8H3BrCl3NO. The van der Waals surface area contributed by atoms with Crippen molar-refractivity contribution < 1.29 is 4.42 Å². The van der Waals surface area contributed by atoms with E-state index in [-0.39, 0.29) is 5.88 Å². The molecule has 0 radical (unpaired) electrons. The van der Waals surface area contributed by atoms with E-state index in [1.54, 1.807) is 6.07 Å². The Bertz CT molecular complexity index is 497. The van der Waals surface area contributed by atoms with Crippen LogP contribution in [0.2, 0.25) is 10.0 Å². The number of fused-ring (bicyclic) bond motifs is 1. The van der Waals surface area contributed by atoms with Crippen LogP contribution in [0, 0.1) is 0 Å². The van der Waals surface area contributed by atoms with Crippen molar-refractivity contribution in [1.82, 2.24) is 4.98 Å². The number of nitrogens with zero attached hydrogens (tertiary/aromatic N) is 1. The minimum absolute atomic E-state index is 0.193. The fraction of sp³-hybridized carbons (Fsp3) is 0.125. The van der Waals surface area contributed by atoms with E-state index in [0.717, 1.165) is 0 Å². The Kier molecular flexibility index (Phi) is 2.93. The predicted octanol–water partition coefficient (Wildman–Crippen LogP) is 4.64. The van der Waals surface area contributed by atoms with Crippen molar-refractivity contribution in [2.75, 3.05) is 0 Å². The monoisotopic (exact) mass is 313 g/mol. The third kappa shape index (κ3) is 1.63. The molecular weight excluding hydrogens is 312 g/mol. The second kappa shape index (κ2) is 3.89. The molecule has 1 aromatic heterocycles. The van der Waals surface area contributed by atoms with E-state index in [9.17, 15) is 0 Å². The Morgan fingerprint density at radius 2 is 2.14 bits per heavy atom. The summed E-state index contributed by atoms with van der Waals surface area (Å²) in [6.07, 6.45) is 0. The zero-order chi connectivity index (χ0) is 10.3. The first-order valence-corrected chi connectivity index (χ1v) is 5.70. The van der Waals surface area contributed by atoms with Gasteiger partial charge in [0.15, 0.2) is 5.58 Å². The lowest BCUT2D eigenvalue weighted by molar-refractivity contribution is 0.555. The topological polar surface area (TPSA) is 26.0 Å². The van der Waals surface area contributed by atoms with Crippen molar-refractivity contribution in [3.63, 3.8) is 0 Å². The first kappa shape index (κ1) is 10.6. The SMILES string of the molecule is ClCc1nc2c(Cl)c(Br)cc(Cl)c2o1. The molecule has 2 nitrogen and oxygen atoms in total. The van der Waals surface area contributed by atoms with E-state index in [2.05, 4.69) is 20.9 Å². The quantitative estimate of drug-likeness (QED) is 0.566. The smallest absolute Gasteiger partial charge is 0.210 e. The van der Waals surface area contributed by atoms with E-state index in [1.807, 2.05) is 0 Å². The molecule has 0 amide bonds. The summed E-state index contributed by atoms with van der Waals surface area (Å²) in [5.74, 6) is 0.599. The highest BCUT2D eigenvalue weighted by molar-refractivity contribution is 9.10. The van der Waals surface area contributed by atoms with Crippen molar-refractivity contribution in [3.05, 3.63) is 26.5 Å². The van der Waals surface area contributed by atoms with Crippen LogP contribution in [-0.4, -0.2) is 4.98 Å². The van der Waals surface area contributed by atoms with E-state index in [1.165, 1.54) is 0 Å². The molecule has 2 rings (SSSR count). The van der Waals surface area contributed by atoms with Crippen molar-refractivity contribution in [2.24, 2.45) is 0 Å². The second-order valence-electron chi connectivity index (χ2n) is 2.57. The summed E-state index contributed by atoms with van der Waals surface area (Å²) in [6.45, 7) is 0. The van der Waals surface area contributed by atoms with E-state index in [4.69, 9.17) is 39.2 Å². The lowest BCUT2D eigenvalue weighted by Gasteiger charge is -1.96. The Hall–Kier alpha value is 0.0400. The molecule has 74 valence electrons. The molecule has 0 fully saturated rings. The summed E-state index contributed by atoms with van der Waals surface area (Å²) >= 11 is 20.8. The summed E-state index contributed by atoms with van der Waals surface area (Å²) in [7, 11) is 0. The summed E-state index contributed by atoms with van der Waals surface area (Å²) in [5.41, 5.74) is 0.997. The van der Waals surface area contributed by atoms with Gasteiger partial charge in [-0.15, -0.1) is 11.6 Å². The molecule has 0 atom stereocenters. The zero-order valence-corrected chi connectivity index (χ0v) is 10.5. The molecule has 1 aromatic carbocycles. The third-order valence-electron chi connectivity index (χ3n) is 1.67. The van der Waals surface area contributed by atoms with Gasteiger partial charge in [-0.3, -0.25) is 0 Å². The summed E-state index contributed by atoms with van der Waals surface area (Å²) in [5, 5.41) is 0.935. The maximum Gasteiger partial charge on any atom is 0.210 e. The van der Waals surface area contributed by atoms with Crippen molar-refractivity contribution in [3.8, 4) is 0 Å². The molecule has 1 heterocycles. The van der Waals surface area contributed by atoms with Gasteiger partial charge < -0.3 is 4.42 Å². The zero-order valence-electron chi connectivity index (χ0n) is 6.65. The molecule has 14 heavy (non-hydrogen) atoms. The van der Waals surface area contributed by atoms with Gasteiger partial charge >= 0.3 is 0 Å². The standard InChI is InChI=1S/C8H3BrCl3NO/c9-3-1-4(11)8-7(6(3)12)13-5(2-10)14-8/h1H,2H2. The van der Waals surface area contributed by atoms with Gasteiger partial charge in [0.25, 0.3) is 0 Å². The van der Waals surface area contributed by atoms with Crippen molar-refractivity contribution >= 4 is 61.8 Å². The van der Waals surface area contributed by atoms with Gasteiger partial charge in [-0.05, 0) is 22.0 Å². The summed E-state index contributed by atoms with van der Waals surface area (Å²) in [6, 6.07) is 1.66. The van der Waals surface area contributed by atoms with Gasteiger partial charge in [0.2, 0.25) is 5.89 Å². The minimum Gasteiger partial charge on any atom is -0.438 e. The molecule has 0 N–H and O–H groups in total. The number of benzene rings is 1. The molecule has 0 bridgehead atoms. The van der Waals surface area contributed by atoms with Gasteiger partial charge in [0.05, 0.1) is 15.9 Å². The highest BCUT2D eigenvalue weighted by Crippen LogP contribution is 2.36. The summed E-state index contributed by atoms with van der Waals surface area (Å²) in [4.78, 5) is 4.11. The number of oxazole rings is 1. The first-order valence-electron chi connectivity index (χ1n) is 3.62. The van der Waals surface area contributed by atoms with Crippen molar-refractivity contribution in [1.29, 1.82) is 0 Å². The highest BCUT2D eigenvalue weighted by Gasteiger charge is 2.14. The van der Waals surface area contributed by atoms with E-state index >= 15 is 0 Å². The van der Waals surface area contributed by atoms with Gasteiger partial charge in [0.1, 0.15) is 5.52 Å². The maximum atomic E-state index is 6.00. The maximum absolute atomic E-state index is 6.00. The largest absolute Gasteiger partial charge is 0.438 e. The van der Waals surface area contributed by atoms with Crippen LogP contribution >= 0.6 is 50.7 Å². The second-order valence-corrected chi connectivity index (χ2v) is 4.48. The first-order chi connectivity index (χ1) is 6.63. The number of hydrogen-bond acceptors (Lipinski definition) is 2. The summed E-state index contributed by atoms with van der Waals surface area (Å²) < 4.78 is 5.99. The molecule has 0 unspecified atom stereocenters. The van der Waals surface area contributed by atoms with Crippen LogP contribution < -0.4 is 0 Å². The predicted molar refractivity (Wildman–Crippen MR) is 61.3 cm³/mol. The van der Waals surface area contributed by atoms with Crippen LogP contribution in [0.15, 0.2) is 15.0 Å². The lowest BCUT2D eigenvalue weighted by Crippen LogP contribution is -1.76. The molecule has 0 aliphatic heterocycles. The number of halogens is 4. The van der Waals surface area contributed by atoms with Gasteiger partial charge in [-0.25, -0.2) is 4.98 Å². The van der Waals surface area contributed by atoms with E-state index in [0.29, 0.717) is 31.5 Å². The van der Waals surface area contributed by atoms with Gasteiger partial charge in [-0.1, -0.05) is 23.2 Å². The lowest BCUT2D eigenvalue weighted by atomic mass is 10.3. The number of alkyl halides is 1. The van der Waals surface area contributed by atoms with Crippen LogP contribution in [0.5, 0.6) is 0 Å². The number of rotatable bonds is 1. The Balaban J connectivity index is 2.84. The fourth-order valence-electron chi connectivity index (χ4n) is 1.09.